The number of Topliss-reactive ketones (excluding diaryl/α,β-unsaturated/α-hetero) is 1. The van der Waals surface area contributed by atoms with E-state index < -0.39 is 0 Å². The van der Waals surface area contributed by atoms with E-state index in [1.807, 2.05) is 0 Å². The van der Waals surface area contributed by atoms with E-state index in [2.05, 4.69) is 13.8 Å². The van der Waals surface area contributed by atoms with Crippen molar-refractivity contribution in [2.24, 2.45) is 11.8 Å². The van der Waals surface area contributed by atoms with Gasteiger partial charge in [-0.1, -0.05) is 6.92 Å². The summed E-state index contributed by atoms with van der Waals surface area (Å²) in [6, 6.07) is 0. The van der Waals surface area contributed by atoms with Crippen molar-refractivity contribution in [3.8, 4) is 0 Å². The molecule has 4 atom stereocenters. The monoisotopic (exact) mass is 210 g/mol. The normalized spacial score (nSPS) is 42.1. The van der Waals surface area contributed by atoms with E-state index in [4.69, 9.17) is 4.74 Å². The molecule has 2 heteroatoms. The molecule has 2 aliphatic rings. The van der Waals surface area contributed by atoms with Crippen molar-refractivity contribution in [3.05, 3.63) is 0 Å². The topological polar surface area (TPSA) is 26.3 Å². The van der Waals surface area contributed by atoms with Crippen LogP contribution in [-0.2, 0) is 9.53 Å². The van der Waals surface area contributed by atoms with Crippen LogP contribution in [0.5, 0.6) is 0 Å². The minimum absolute atomic E-state index is 0.295. The van der Waals surface area contributed by atoms with Gasteiger partial charge in [0.05, 0.1) is 12.2 Å². The van der Waals surface area contributed by atoms with E-state index in [1.54, 1.807) is 0 Å². The first kappa shape index (κ1) is 11.1. The van der Waals surface area contributed by atoms with E-state index in [-0.39, 0.29) is 0 Å². The van der Waals surface area contributed by atoms with Crippen LogP contribution >= 0.6 is 0 Å². The fraction of sp³-hybridized carbons (Fsp3) is 0.923. The highest BCUT2D eigenvalue weighted by molar-refractivity contribution is 5.81. The standard InChI is InChI=1S/C13H22O2/c1-9-3-6-13(14)11(7-9)8-12-5-4-10(2)15-12/h9-12H,3-8H2,1-2H3. The van der Waals surface area contributed by atoms with Gasteiger partial charge in [-0.15, -0.1) is 0 Å². The molecule has 1 aliphatic carbocycles. The van der Waals surface area contributed by atoms with E-state index in [1.165, 1.54) is 6.42 Å². The number of ketones is 1. The van der Waals surface area contributed by atoms with Gasteiger partial charge in [0, 0.05) is 12.3 Å². The van der Waals surface area contributed by atoms with E-state index in [0.29, 0.717) is 23.9 Å². The highest BCUT2D eigenvalue weighted by Gasteiger charge is 2.31. The lowest BCUT2D eigenvalue weighted by atomic mass is 9.78. The van der Waals surface area contributed by atoms with E-state index in [0.717, 1.165) is 38.0 Å². The van der Waals surface area contributed by atoms with Crippen molar-refractivity contribution in [2.45, 2.75) is 64.6 Å². The second kappa shape index (κ2) is 4.65. The fourth-order valence-electron chi connectivity index (χ4n) is 2.93. The third-order valence-electron chi connectivity index (χ3n) is 3.89. The zero-order chi connectivity index (χ0) is 10.8. The van der Waals surface area contributed by atoms with Gasteiger partial charge < -0.3 is 4.74 Å². The molecule has 0 spiro atoms. The SMILES string of the molecule is CC1CCC(=O)C(CC2CCC(C)O2)C1. The van der Waals surface area contributed by atoms with Crippen LogP contribution in [0, 0.1) is 11.8 Å². The Hall–Kier alpha value is -0.370. The average Bonchev–Trinajstić information content (AvgIpc) is 2.58. The molecule has 0 aromatic carbocycles. The maximum atomic E-state index is 11.8. The van der Waals surface area contributed by atoms with Crippen molar-refractivity contribution in [3.63, 3.8) is 0 Å². The lowest BCUT2D eigenvalue weighted by Gasteiger charge is -2.27. The van der Waals surface area contributed by atoms with Crippen LogP contribution < -0.4 is 0 Å². The number of rotatable bonds is 2. The third-order valence-corrected chi connectivity index (χ3v) is 3.89. The average molecular weight is 210 g/mol. The van der Waals surface area contributed by atoms with Gasteiger partial charge in [0.15, 0.2) is 0 Å². The first-order valence-electron chi connectivity index (χ1n) is 6.33. The smallest absolute Gasteiger partial charge is 0.136 e. The summed E-state index contributed by atoms with van der Waals surface area (Å²) in [6.07, 6.45) is 7.05. The Bertz CT molecular complexity index is 237. The Balaban J connectivity index is 1.84. The molecule has 1 saturated heterocycles. The van der Waals surface area contributed by atoms with Crippen LogP contribution in [0.15, 0.2) is 0 Å². The highest BCUT2D eigenvalue weighted by Crippen LogP contribution is 2.32. The van der Waals surface area contributed by atoms with Crippen LogP contribution in [0.25, 0.3) is 0 Å². The van der Waals surface area contributed by atoms with Gasteiger partial charge in [-0.25, -0.2) is 0 Å². The molecule has 1 heterocycles. The lowest BCUT2D eigenvalue weighted by molar-refractivity contribution is -0.127. The van der Waals surface area contributed by atoms with Crippen molar-refractivity contribution in [2.75, 3.05) is 0 Å². The maximum Gasteiger partial charge on any atom is 0.136 e. The predicted molar refractivity (Wildman–Crippen MR) is 59.7 cm³/mol. The molecule has 2 rings (SSSR count). The molecule has 0 amide bonds. The Morgan fingerprint density at radius 1 is 1.27 bits per heavy atom. The zero-order valence-electron chi connectivity index (χ0n) is 9.87. The number of hydrogen-bond acceptors (Lipinski definition) is 2. The minimum Gasteiger partial charge on any atom is -0.375 e. The van der Waals surface area contributed by atoms with Crippen LogP contribution in [0.1, 0.15) is 52.4 Å². The van der Waals surface area contributed by atoms with Crippen molar-refractivity contribution in [1.29, 1.82) is 0 Å². The van der Waals surface area contributed by atoms with Gasteiger partial charge in [-0.05, 0) is 44.9 Å². The molecule has 0 aromatic rings. The molecule has 2 fully saturated rings. The maximum absolute atomic E-state index is 11.8. The fourth-order valence-corrected chi connectivity index (χ4v) is 2.93. The van der Waals surface area contributed by atoms with Crippen LogP contribution in [0.3, 0.4) is 0 Å². The number of carbonyl (C=O) groups is 1. The van der Waals surface area contributed by atoms with E-state index in [9.17, 15) is 4.79 Å². The second-order valence-electron chi connectivity index (χ2n) is 5.42. The summed E-state index contributed by atoms with van der Waals surface area (Å²) in [5.41, 5.74) is 0. The molecule has 0 N–H and O–H groups in total. The molecule has 86 valence electrons. The molecule has 1 saturated carbocycles. The molecule has 0 bridgehead atoms. The summed E-state index contributed by atoms with van der Waals surface area (Å²) in [7, 11) is 0. The first-order chi connectivity index (χ1) is 7.15. The molecule has 0 aromatic heterocycles. The van der Waals surface area contributed by atoms with Crippen molar-refractivity contribution >= 4 is 5.78 Å². The summed E-state index contributed by atoms with van der Waals surface area (Å²) >= 11 is 0. The summed E-state index contributed by atoms with van der Waals surface area (Å²) in [4.78, 5) is 11.8. The predicted octanol–water partition coefficient (Wildman–Crippen LogP) is 2.95. The molecule has 4 unspecified atom stereocenters. The first-order valence-corrected chi connectivity index (χ1v) is 6.33. The van der Waals surface area contributed by atoms with E-state index >= 15 is 0 Å². The Labute approximate surface area is 92.4 Å². The van der Waals surface area contributed by atoms with Gasteiger partial charge >= 0.3 is 0 Å². The van der Waals surface area contributed by atoms with Crippen LogP contribution in [0.2, 0.25) is 0 Å². The number of ether oxygens (including phenoxy) is 1. The van der Waals surface area contributed by atoms with Gasteiger partial charge in [0.2, 0.25) is 0 Å². The molecule has 0 radical (unpaired) electrons. The molecule has 1 aliphatic heterocycles. The van der Waals surface area contributed by atoms with Crippen LogP contribution in [0.4, 0.5) is 0 Å². The van der Waals surface area contributed by atoms with Gasteiger partial charge in [0.1, 0.15) is 5.78 Å². The Kier molecular flexibility index (Phi) is 3.45. The number of hydrogen-bond donors (Lipinski definition) is 0. The molecular weight excluding hydrogens is 188 g/mol. The third kappa shape index (κ3) is 2.81. The lowest BCUT2D eigenvalue weighted by Crippen LogP contribution is -2.27. The molecule has 15 heavy (non-hydrogen) atoms. The zero-order valence-corrected chi connectivity index (χ0v) is 9.87. The molecule has 2 nitrogen and oxygen atoms in total. The Morgan fingerprint density at radius 2 is 2.07 bits per heavy atom. The minimum atomic E-state index is 0.295. The summed E-state index contributed by atoms with van der Waals surface area (Å²) < 4.78 is 5.80. The van der Waals surface area contributed by atoms with Crippen LogP contribution in [-0.4, -0.2) is 18.0 Å². The van der Waals surface area contributed by atoms with Crippen molar-refractivity contribution < 1.29 is 9.53 Å². The largest absolute Gasteiger partial charge is 0.375 e. The van der Waals surface area contributed by atoms with Crippen molar-refractivity contribution in [1.82, 2.24) is 0 Å². The van der Waals surface area contributed by atoms with Gasteiger partial charge in [-0.3, -0.25) is 4.79 Å². The Morgan fingerprint density at radius 3 is 2.73 bits per heavy atom. The summed E-state index contributed by atoms with van der Waals surface area (Å²) in [5, 5.41) is 0. The van der Waals surface area contributed by atoms with Gasteiger partial charge in [-0.2, -0.15) is 0 Å². The van der Waals surface area contributed by atoms with Gasteiger partial charge in [0.25, 0.3) is 0 Å². The summed E-state index contributed by atoms with van der Waals surface area (Å²) in [5.74, 6) is 1.51. The second-order valence-corrected chi connectivity index (χ2v) is 5.42. The molecular formula is C13H22O2. The quantitative estimate of drug-likeness (QED) is 0.700. The summed E-state index contributed by atoms with van der Waals surface area (Å²) in [6.45, 7) is 4.39. The number of carbonyl (C=O) groups excluding carboxylic acids is 1. The highest BCUT2D eigenvalue weighted by atomic mass is 16.5.